The van der Waals surface area contributed by atoms with E-state index >= 15 is 0 Å². The summed E-state index contributed by atoms with van der Waals surface area (Å²) < 4.78 is 5.63. The molecule has 26 heavy (non-hydrogen) atoms. The minimum absolute atomic E-state index is 0. The maximum Gasteiger partial charge on any atom is 0.221 e. The van der Waals surface area contributed by atoms with Gasteiger partial charge in [-0.25, -0.2) is 0 Å². The quantitative estimate of drug-likeness (QED) is 0.603. The minimum atomic E-state index is -0.118. The van der Waals surface area contributed by atoms with Gasteiger partial charge in [-0.15, -0.1) is 12.4 Å². The van der Waals surface area contributed by atoms with Gasteiger partial charge in [-0.3, -0.25) is 9.59 Å². The Labute approximate surface area is 161 Å². The lowest BCUT2D eigenvalue weighted by atomic mass is 9.84. The van der Waals surface area contributed by atoms with Crippen LogP contribution in [0.1, 0.15) is 33.1 Å². The molecule has 6 nitrogen and oxygen atoms in total. The molecule has 0 aliphatic carbocycles. The molecule has 1 aromatic carbocycles. The highest BCUT2D eigenvalue weighted by Gasteiger charge is 2.21. The highest BCUT2D eigenvalue weighted by atomic mass is 35.5. The van der Waals surface area contributed by atoms with Gasteiger partial charge in [0, 0.05) is 25.1 Å². The van der Waals surface area contributed by atoms with Crippen LogP contribution in [0.15, 0.2) is 24.3 Å². The first-order chi connectivity index (χ1) is 12.0. The van der Waals surface area contributed by atoms with E-state index < -0.39 is 0 Å². The number of hydrogen-bond acceptors (Lipinski definition) is 4. The van der Waals surface area contributed by atoms with Gasteiger partial charge >= 0.3 is 0 Å². The predicted molar refractivity (Wildman–Crippen MR) is 106 cm³/mol. The van der Waals surface area contributed by atoms with E-state index in [1.807, 2.05) is 12.1 Å². The zero-order valence-electron chi connectivity index (χ0n) is 15.5. The minimum Gasteiger partial charge on any atom is -0.492 e. The third-order valence-corrected chi connectivity index (χ3v) is 4.54. The van der Waals surface area contributed by atoms with E-state index in [1.165, 1.54) is 6.92 Å². The van der Waals surface area contributed by atoms with E-state index in [0.29, 0.717) is 42.8 Å². The van der Waals surface area contributed by atoms with Crippen LogP contribution in [0.4, 0.5) is 5.69 Å². The van der Waals surface area contributed by atoms with Gasteiger partial charge in [0.05, 0.1) is 6.54 Å². The van der Waals surface area contributed by atoms with Crippen molar-refractivity contribution < 1.29 is 14.3 Å². The Balaban J connectivity index is 0.00000338. The fraction of sp³-hybridized carbons (Fsp3) is 0.579. The Morgan fingerprint density at radius 3 is 2.73 bits per heavy atom. The molecule has 1 atom stereocenters. The van der Waals surface area contributed by atoms with Crippen molar-refractivity contribution >= 4 is 29.9 Å². The van der Waals surface area contributed by atoms with E-state index in [9.17, 15) is 9.59 Å². The van der Waals surface area contributed by atoms with Crippen molar-refractivity contribution in [3.63, 3.8) is 0 Å². The van der Waals surface area contributed by atoms with Crippen molar-refractivity contribution in [2.75, 3.05) is 31.6 Å². The lowest BCUT2D eigenvalue weighted by Gasteiger charge is -2.27. The van der Waals surface area contributed by atoms with Gasteiger partial charge < -0.3 is 20.7 Å². The zero-order chi connectivity index (χ0) is 18.1. The van der Waals surface area contributed by atoms with Crippen LogP contribution in [0, 0.1) is 11.8 Å². The second-order valence-corrected chi connectivity index (χ2v) is 6.68. The maximum absolute atomic E-state index is 12.1. The van der Waals surface area contributed by atoms with Crippen LogP contribution >= 0.6 is 12.4 Å². The highest BCUT2D eigenvalue weighted by molar-refractivity contribution is 5.88. The van der Waals surface area contributed by atoms with E-state index in [0.717, 1.165) is 25.9 Å². The number of carbonyl (C=O) groups is 2. The van der Waals surface area contributed by atoms with Crippen molar-refractivity contribution in [2.45, 2.75) is 33.1 Å². The van der Waals surface area contributed by atoms with Crippen LogP contribution < -0.4 is 20.7 Å². The summed E-state index contributed by atoms with van der Waals surface area (Å²) in [6.45, 7) is 6.62. The van der Waals surface area contributed by atoms with Crippen LogP contribution in [0.2, 0.25) is 0 Å². The van der Waals surface area contributed by atoms with Gasteiger partial charge in [-0.2, -0.15) is 0 Å². The summed E-state index contributed by atoms with van der Waals surface area (Å²) in [6, 6.07) is 7.22. The second-order valence-electron chi connectivity index (χ2n) is 6.68. The first-order valence-corrected chi connectivity index (χ1v) is 9.02. The third-order valence-electron chi connectivity index (χ3n) is 4.54. The Morgan fingerprint density at radius 2 is 2.04 bits per heavy atom. The summed E-state index contributed by atoms with van der Waals surface area (Å²) in [7, 11) is 0. The molecule has 0 aromatic heterocycles. The topological polar surface area (TPSA) is 79.5 Å². The molecule has 1 unspecified atom stereocenters. The average molecular weight is 384 g/mol. The molecule has 146 valence electrons. The molecule has 1 fully saturated rings. The standard InChI is InChI=1S/C19H29N3O3.ClH/c1-14(16-6-8-20-9-7-16)12-19(24)21-10-11-25-18-5-3-4-17(13-18)22-15(2)23;/h3-5,13-14,16,20H,6-12H2,1-2H3,(H,21,24)(H,22,23);1H. The number of piperidine rings is 1. The van der Waals surface area contributed by atoms with Crippen molar-refractivity contribution in [2.24, 2.45) is 11.8 Å². The number of hydrogen-bond donors (Lipinski definition) is 3. The fourth-order valence-corrected chi connectivity index (χ4v) is 3.17. The Morgan fingerprint density at radius 1 is 1.31 bits per heavy atom. The average Bonchev–Trinajstić information content (AvgIpc) is 2.59. The number of carbonyl (C=O) groups excluding carboxylic acids is 2. The first-order valence-electron chi connectivity index (χ1n) is 9.02. The molecule has 7 heteroatoms. The number of halogens is 1. The van der Waals surface area contributed by atoms with Gasteiger partial charge in [-0.05, 0) is 49.9 Å². The molecule has 1 aliphatic rings. The van der Waals surface area contributed by atoms with Crippen LogP contribution in [0.25, 0.3) is 0 Å². The number of ether oxygens (including phenoxy) is 1. The molecule has 1 saturated heterocycles. The smallest absolute Gasteiger partial charge is 0.221 e. The summed E-state index contributed by atoms with van der Waals surface area (Å²) in [4.78, 5) is 23.1. The van der Waals surface area contributed by atoms with Crippen molar-refractivity contribution in [1.82, 2.24) is 10.6 Å². The van der Waals surface area contributed by atoms with Crippen molar-refractivity contribution in [3.05, 3.63) is 24.3 Å². The highest BCUT2D eigenvalue weighted by Crippen LogP contribution is 2.24. The largest absolute Gasteiger partial charge is 0.492 e. The summed E-state index contributed by atoms with van der Waals surface area (Å²) in [5.74, 6) is 1.69. The molecule has 2 amide bonds. The van der Waals surface area contributed by atoms with Gasteiger partial charge in [0.25, 0.3) is 0 Å². The Hall–Kier alpha value is -1.79. The molecule has 0 spiro atoms. The van der Waals surface area contributed by atoms with Crippen molar-refractivity contribution in [1.29, 1.82) is 0 Å². The first kappa shape index (κ1) is 22.3. The summed E-state index contributed by atoms with van der Waals surface area (Å²) in [5, 5.41) is 8.99. The van der Waals surface area contributed by atoms with Crippen LogP contribution in [-0.2, 0) is 9.59 Å². The van der Waals surface area contributed by atoms with Gasteiger partial charge in [-0.1, -0.05) is 13.0 Å². The van der Waals surface area contributed by atoms with Gasteiger partial charge in [0.15, 0.2) is 0 Å². The molecule has 0 bridgehead atoms. The Kier molecular flexibility index (Phi) is 10.1. The molecule has 1 aliphatic heterocycles. The SMILES string of the molecule is CC(=O)Nc1cccc(OCCNC(=O)CC(C)C2CCNCC2)c1.Cl. The van der Waals surface area contributed by atoms with Gasteiger partial charge in [0.2, 0.25) is 11.8 Å². The number of rotatable bonds is 8. The van der Waals surface area contributed by atoms with E-state index in [1.54, 1.807) is 12.1 Å². The van der Waals surface area contributed by atoms with Crippen LogP contribution in [0.3, 0.4) is 0 Å². The van der Waals surface area contributed by atoms with Crippen LogP contribution in [-0.4, -0.2) is 38.1 Å². The van der Waals surface area contributed by atoms with Crippen molar-refractivity contribution in [3.8, 4) is 5.75 Å². The molecule has 0 radical (unpaired) electrons. The lowest BCUT2D eigenvalue weighted by molar-refractivity contribution is -0.122. The summed E-state index contributed by atoms with van der Waals surface area (Å²) in [6.07, 6.45) is 2.88. The Bertz CT molecular complexity index is 577. The maximum atomic E-state index is 12.1. The van der Waals surface area contributed by atoms with Gasteiger partial charge in [0.1, 0.15) is 12.4 Å². The third kappa shape index (κ3) is 8.06. The number of nitrogens with one attached hydrogen (secondary N) is 3. The normalized spacial score (nSPS) is 15.5. The molecule has 0 saturated carbocycles. The molecular weight excluding hydrogens is 354 g/mol. The number of anilines is 1. The number of benzene rings is 1. The monoisotopic (exact) mass is 383 g/mol. The number of amides is 2. The molecule has 2 rings (SSSR count). The predicted octanol–water partition coefficient (Wildman–Crippen LogP) is 2.59. The lowest BCUT2D eigenvalue weighted by Crippen LogP contribution is -2.34. The molecular formula is C19H30ClN3O3. The van der Waals surface area contributed by atoms with E-state index in [4.69, 9.17) is 4.74 Å². The van der Waals surface area contributed by atoms with E-state index in [2.05, 4.69) is 22.9 Å². The summed E-state index contributed by atoms with van der Waals surface area (Å²) >= 11 is 0. The van der Waals surface area contributed by atoms with Crippen LogP contribution in [0.5, 0.6) is 5.75 Å². The molecule has 1 heterocycles. The molecule has 1 aromatic rings. The summed E-state index contributed by atoms with van der Waals surface area (Å²) in [5.41, 5.74) is 0.699. The molecule has 3 N–H and O–H groups in total. The second kappa shape index (κ2) is 11.8. The fourth-order valence-electron chi connectivity index (χ4n) is 3.17. The zero-order valence-corrected chi connectivity index (χ0v) is 16.4. The van der Waals surface area contributed by atoms with E-state index in [-0.39, 0.29) is 24.2 Å².